The van der Waals surface area contributed by atoms with Crippen molar-refractivity contribution in [3.63, 3.8) is 0 Å². The zero-order valence-corrected chi connectivity index (χ0v) is 11.3. The molecule has 1 aliphatic rings. The predicted octanol–water partition coefficient (Wildman–Crippen LogP) is 2.99. The number of hydrogen-bond acceptors (Lipinski definition) is 3. The summed E-state index contributed by atoms with van der Waals surface area (Å²) < 4.78 is 2.07. The number of nitrogens with zero attached hydrogens (tertiary/aromatic N) is 3. The molecule has 0 saturated carbocycles. The highest BCUT2D eigenvalue weighted by Gasteiger charge is 2.30. The molecule has 4 rings (SSSR count). The van der Waals surface area contributed by atoms with Gasteiger partial charge in [-0.2, -0.15) is 0 Å². The highest BCUT2D eigenvalue weighted by atomic mass is 16.1. The van der Waals surface area contributed by atoms with Crippen molar-refractivity contribution in [2.45, 2.75) is 12.3 Å². The third-order valence-electron chi connectivity index (χ3n) is 3.99. The molecule has 0 spiro atoms. The third kappa shape index (κ3) is 1.88. The van der Waals surface area contributed by atoms with E-state index in [2.05, 4.69) is 26.7 Å². The molecule has 0 bridgehead atoms. The summed E-state index contributed by atoms with van der Waals surface area (Å²) >= 11 is 0. The van der Waals surface area contributed by atoms with Gasteiger partial charge in [0.15, 0.2) is 5.78 Å². The summed E-state index contributed by atoms with van der Waals surface area (Å²) in [5.74, 6) is 0.205. The maximum absolute atomic E-state index is 12.5. The molecule has 3 aromatic rings. The molecule has 102 valence electrons. The highest BCUT2D eigenvalue weighted by molar-refractivity contribution is 5.96. The highest BCUT2D eigenvalue weighted by Crippen LogP contribution is 2.39. The Labute approximate surface area is 122 Å². The van der Waals surface area contributed by atoms with Crippen LogP contribution in [0.4, 0.5) is 0 Å². The number of Topliss-reactive ketones (excluding diaryl/α,β-unsaturated/α-hetero) is 1. The first-order chi connectivity index (χ1) is 10.3. The Morgan fingerprint density at radius 2 is 1.90 bits per heavy atom. The Morgan fingerprint density at radius 1 is 1.10 bits per heavy atom. The van der Waals surface area contributed by atoms with Crippen LogP contribution in [-0.4, -0.2) is 20.3 Å². The van der Waals surface area contributed by atoms with E-state index in [1.54, 1.807) is 24.5 Å². The second-order valence-electron chi connectivity index (χ2n) is 5.16. The second-order valence-corrected chi connectivity index (χ2v) is 5.16. The monoisotopic (exact) mass is 275 g/mol. The number of para-hydroxylation sites is 1. The van der Waals surface area contributed by atoms with Crippen LogP contribution in [0, 0.1) is 0 Å². The molecule has 0 aliphatic carbocycles. The van der Waals surface area contributed by atoms with Gasteiger partial charge < -0.3 is 4.57 Å². The molecule has 0 fully saturated rings. The van der Waals surface area contributed by atoms with E-state index in [4.69, 9.17) is 0 Å². The van der Waals surface area contributed by atoms with Crippen molar-refractivity contribution in [3.05, 3.63) is 78.1 Å². The summed E-state index contributed by atoms with van der Waals surface area (Å²) in [4.78, 5) is 20.7. The molecular formula is C17H13N3O. The van der Waals surface area contributed by atoms with E-state index in [-0.39, 0.29) is 11.7 Å². The Balaban J connectivity index is 1.72. The van der Waals surface area contributed by atoms with Crippen LogP contribution in [0.25, 0.3) is 5.69 Å². The summed E-state index contributed by atoms with van der Waals surface area (Å²) in [6, 6.07) is 11.7. The minimum atomic E-state index is 0.0735. The lowest BCUT2D eigenvalue weighted by Gasteiger charge is -2.10. The van der Waals surface area contributed by atoms with Crippen molar-refractivity contribution in [3.8, 4) is 5.69 Å². The van der Waals surface area contributed by atoms with Gasteiger partial charge >= 0.3 is 0 Å². The van der Waals surface area contributed by atoms with Crippen molar-refractivity contribution in [1.82, 2.24) is 14.5 Å². The molecule has 0 N–H and O–H groups in total. The summed E-state index contributed by atoms with van der Waals surface area (Å²) in [6.07, 6.45) is 7.42. The van der Waals surface area contributed by atoms with Crippen LogP contribution >= 0.6 is 0 Å². The molecule has 2 aromatic heterocycles. The van der Waals surface area contributed by atoms with Crippen LogP contribution in [0.3, 0.4) is 0 Å². The van der Waals surface area contributed by atoms with Gasteiger partial charge in [0.1, 0.15) is 0 Å². The van der Waals surface area contributed by atoms with Crippen molar-refractivity contribution in [2.75, 3.05) is 0 Å². The summed E-state index contributed by atoms with van der Waals surface area (Å²) in [5, 5.41) is 0. The summed E-state index contributed by atoms with van der Waals surface area (Å²) in [7, 11) is 0. The number of rotatable bonds is 3. The van der Waals surface area contributed by atoms with Gasteiger partial charge in [-0.05, 0) is 23.8 Å². The first-order valence-electron chi connectivity index (χ1n) is 6.89. The van der Waals surface area contributed by atoms with E-state index in [1.807, 2.05) is 24.7 Å². The standard InChI is InChI=1S/C17H13N3O/c21-17(12-5-7-18-8-6-12)9-14-13-3-1-2-4-15(13)20-11-19-10-16(14)20/h1-8,10-11,14H,9H2. The van der Waals surface area contributed by atoms with Crippen molar-refractivity contribution in [1.29, 1.82) is 0 Å². The van der Waals surface area contributed by atoms with Gasteiger partial charge in [0.2, 0.25) is 0 Å². The average Bonchev–Trinajstić information content (AvgIpc) is 3.11. The van der Waals surface area contributed by atoms with Crippen molar-refractivity contribution in [2.24, 2.45) is 0 Å². The largest absolute Gasteiger partial charge is 0.302 e. The Bertz CT molecular complexity index is 808. The number of carbonyl (C=O) groups is 1. The second kappa shape index (κ2) is 4.66. The maximum Gasteiger partial charge on any atom is 0.163 e. The first kappa shape index (κ1) is 12.0. The van der Waals surface area contributed by atoms with Crippen LogP contribution in [0.2, 0.25) is 0 Å². The smallest absolute Gasteiger partial charge is 0.163 e. The summed E-state index contributed by atoms with van der Waals surface area (Å²) in [6.45, 7) is 0. The Kier molecular flexibility index (Phi) is 2.67. The lowest BCUT2D eigenvalue weighted by molar-refractivity contribution is 0.0977. The average molecular weight is 275 g/mol. The number of fused-ring (bicyclic) bond motifs is 3. The zero-order valence-electron chi connectivity index (χ0n) is 11.3. The van der Waals surface area contributed by atoms with Gasteiger partial charge in [0.05, 0.1) is 17.7 Å². The fraction of sp³-hybridized carbons (Fsp3) is 0.118. The van der Waals surface area contributed by atoms with Crippen molar-refractivity contribution < 1.29 is 4.79 Å². The van der Waals surface area contributed by atoms with Gasteiger partial charge in [-0.3, -0.25) is 9.78 Å². The maximum atomic E-state index is 12.5. The van der Waals surface area contributed by atoms with Gasteiger partial charge in [-0.1, -0.05) is 18.2 Å². The minimum Gasteiger partial charge on any atom is -0.302 e. The fourth-order valence-corrected chi connectivity index (χ4v) is 2.98. The van der Waals surface area contributed by atoms with Crippen LogP contribution in [-0.2, 0) is 0 Å². The number of imidazole rings is 1. The van der Waals surface area contributed by atoms with Crippen LogP contribution in [0.15, 0.2) is 61.3 Å². The molecule has 0 radical (unpaired) electrons. The molecule has 0 saturated heterocycles. The minimum absolute atomic E-state index is 0.0735. The number of benzene rings is 1. The van der Waals surface area contributed by atoms with E-state index in [9.17, 15) is 4.79 Å². The normalized spacial score (nSPS) is 15.5. The Morgan fingerprint density at radius 3 is 2.76 bits per heavy atom. The van der Waals surface area contributed by atoms with Gasteiger partial charge in [-0.15, -0.1) is 0 Å². The van der Waals surface area contributed by atoms with Gasteiger partial charge in [0.25, 0.3) is 0 Å². The third-order valence-corrected chi connectivity index (χ3v) is 3.99. The van der Waals surface area contributed by atoms with E-state index < -0.39 is 0 Å². The quantitative estimate of drug-likeness (QED) is 0.690. The van der Waals surface area contributed by atoms with E-state index in [0.29, 0.717) is 12.0 Å². The number of aromatic nitrogens is 3. The number of carbonyl (C=O) groups excluding carboxylic acids is 1. The van der Waals surface area contributed by atoms with Crippen LogP contribution < -0.4 is 0 Å². The fourth-order valence-electron chi connectivity index (χ4n) is 2.98. The molecule has 1 aromatic carbocycles. The topological polar surface area (TPSA) is 47.8 Å². The first-order valence-corrected chi connectivity index (χ1v) is 6.89. The number of ketones is 1. The molecule has 1 aliphatic heterocycles. The molecule has 1 unspecified atom stereocenters. The van der Waals surface area contributed by atoms with Gasteiger partial charge in [0, 0.05) is 36.5 Å². The molecule has 4 nitrogen and oxygen atoms in total. The van der Waals surface area contributed by atoms with E-state index >= 15 is 0 Å². The van der Waals surface area contributed by atoms with Crippen LogP contribution in [0.1, 0.15) is 34.0 Å². The SMILES string of the molecule is O=C(CC1c2ccccc2-n2cncc21)c1ccncc1. The Hall–Kier alpha value is -2.75. The summed E-state index contributed by atoms with van der Waals surface area (Å²) in [5.41, 5.74) is 4.11. The lowest BCUT2D eigenvalue weighted by atomic mass is 9.91. The molecular weight excluding hydrogens is 262 g/mol. The zero-order chi connectivity index (χ0) is 14.2. The number of pyridine rings is 1. The van der Waals surface area contributed by atoms with Crippen molar-refractivity contribution >= 4 is 5.78 Å². The van der Waals surface area contributed by atoms with Crippen LogP contribution in [0.5, 0.6) is 0 Å². The molecule has 0 amide bonds. The predicted molar refractivity (Wildman–Crippen MR) is 78.6 cm³/mol. The number of hydrogen-bond donors (Lipinski definition) is 0. The molecule has 4 heteroatoms. The molecule has 1 atom stereocenters. The molecule has 3 heterocycles. The lowest BCUT2D eigenvalue weighted by Crippen LogP contribution is -2.07. The van der Waals surface area contributed by atoms with E-state index in [1.165, 1.54) is 5.56 Å². The van der Waals surface area contributed by atoms with E-state index in [0.717, 1.165) is 11.4 Å². The molecule has 21 heavy (non-hydrogen) atoms. The van der Waals surface area contributed by atoms with Gasteiger partial charge in [-0.25, -0.2) is 4.98 Å².